The second-order valence-corrected chi connectivity index (χ2v) is 4.48. The van der Waals surface area contributed by atoms with Gasteiger partial charge in [0.2, 0.25) is 0 Å². The average Bonchev–Trinajstić information content (AvgIpc) is 2.67. The van der Waals surface area contributed by atoms with Crippen molar-refractivity contribution in [1.82, 2.24) is 14.8 Å². The van der Waals surface area contributed by atoms with Gasteiger partial charge in [0, 0.05) is 24.7 Å². The maximum Gasteiger partial charge on any atom is 0.170 e. The van der Waals surface area contributed by atoms with Gasteiger partial charge in [-0.05, 0) is 19.9 Å². The topological polar surface area (TPSA) is 66.0 Å². The Morgan fingerprint density at radius 1 is 1.42 bits per heavy atom. The number of aryl methyl sites for hydroxylation is 1. The zero-order chi connectivity index (χ0) is 14.0. The minimum Gasteiger partial charge on any atom is -0.485 e. The molecule has 1 aromatic heterocycles. The first-order valence-electron chi connectivity index (χ1n) is 6.01. The molecule has 1 aromatic carbocycles. The van der Waals surface area contributed by atoms with Crippen molar-refractivity contribution in [2.45, 2.75) is 26.5 Å². The van der Waals surface area contributed by atoms with E-state index in [2.05, 4.69) is 10.2 Å². The van der Waals surface area contributed by atoms with Gasteiger partial charge in [0.15, 0.2) is 5.82 Å². The lowest BCUT2D eigenvalue weighted by atomic mass is 10.1. The molecule has 5 nitrogen and oxygen atoms in total. The normalized spacial score (nSPS) is 12.5. The van der Waals surface area contributed by atoms with E-state index in [0.717, 1.165) is 11.4 Å². The maximum atomic E-state index is 13.3. The summed E-state index contributed by atoms with van der Waals surface area (Å²) in [4.78, 5) is 0. The number of nitrogens with zero attached hydrogens (tertiary/aromatic N) is 3. The molecule has 0 fully saturated rings. The van der Waals surface area contributed by atoms with Crippen LogP contribution in [0.4, 0.5) is 4.39 Å². The van der Waals surface area contributed by atoms with E-state index in [0.29, 0.717) is 11.6 Å². The van der Waals surface area contributed by atoms with Gasteiger partial charge in [-0.1, -0.05) is 6.07 Å². The molecule has 2 aromatic rings. The molecule has 2 rings (SSSR count). The van der Waals surface area contributed by atoms with E-state index in [-0.39, 0.29) is 18.5 Å². The third-order valence-electron chi connectivity index (χ3n) is 3.01. The first-order chi connectivity index (χ1) is 8.99. The highest BCUT2D eigenvalue weighted by Gasteiger charge is 2.11. The van der Waals surface area contributed by atoms with Gasteiger partial charge in [-0.25, -0.2) is 4.39 Å². The largest absolute Gasteiger partial charge is 0.485 e. The van der Waals surface area contributed by atoms with Gasteiger partial charge in [0.25, 0.3) is 0 Å². The molecule has 0 saturated heterocycles. The average molecular weight is 264 g/mol. The molecule has 1 heterocycles. The second-order valence-electron chi connectivity index (χ2n) is 4.48. The molecule has 0 aliphatic carbocycles. The van der Waals surface area contributed by atoms with E-state index < -0.39 is 0 Å². The second kappa shape index (κ2) is 5.36. The molecule has 19 heavy (non-hydrogen) atoms. The molecule has 6 heteroatoms. The molecule has 102 valence electrons. The summed E-state index contributed by atoms with van der Waals surface area (Å²) >= 11 is 0. The van der Waals surface area contributed by atoms with Gasteiger partial charge >= 0.3 is 0 Å². The highest BCUT2D eigenvalue weighted by atomic mass is 19.1. The highest BCUT2D eigenvalue weighted by molar-refractivity contribution is 5.36. The monoisotopic (exact) mass is 264 g/mol. The van der Waals surface area contributed by atoms with Crippen LogP contribution in [0.2, 0.25) is 0 Å². The van der Waals surface area contributed by atoms with Crippen molar-refractivity contribution < 1.29 is 9.13 Å². The predicted octanol–water partition coefficient (Wildman–Crippen LogP) is 1.86. The maximum absolute atomic E-state index is 13.3. The Balaban J connectivity index is 2.19. The molecule has 0 radical (unpaired) electrons. The van der Waals surface area contributed by atoms with Crippen LogP contribution in [-0.2, 0) is 13.7 Å². The first-order valence-corrected chi connectivity index (χ1v) is 6.01. The molecule has 0 bridgehead atoms. The molecular formula is C13H17FN4O. The minimum atomic E-state index is -0.353. The van der Waals surface area contributed by atoms with Crippen molar-refractivity contribution in [3.05, 3.63) is 41.2 Å². The van der Waals surface area contributed by atoms with Crippen LogP contribution in [0, 0.1) is 12.7 Å². The molecule has 0 unspecified atom stereocenters. The fraction of sp³-hybridized carbons (Fsp3) is 0.385. The van der Waals surface area contributed by atoms with Gasteiger partial charge in [-0.3, -0.25) is 0 Å². The Labute approximate surface area is 111 Å². The van der Waals surface area contributed by atoms with Gasteiger partial charge in [0.05, 0.1) is 0 Å². The van der Waals surface area contributed by atoms with Crippen LogP contribution in [0.25, 0.3) is 0 Å². The van der Waals surface area contributed by atoms with Crippen molar-refractivity contribution in [2.75, 3.05) is 0 Å². The summed E-state index contributed by atoms with van der Waals surface area (Å²) in [5.41, 5.74) is 6.60. The van der Waals surface area contributed by atoms with Crippen molar-refractivity contribution in [2.24, 2.45) is 12.8 Å². The molecular weight excluding hydrogens is 247 g/mol. The standard InChI is InChI=1S/C13H17FN4O/c1-8(15)11-5-4-10(14)6-12(11)19-7-13-17-16-9(2)18(13)3/h4-6,8H,7,15H2,1-3H3/t8-/m1/s1. The molecule has 0 spiro atoms. The Morgan fingerprint density at radius 2 is 2.16 bits per heavy atom. The summed E-state index contributed by atoms with van der Waals surface area (Å²) in [5.74, 6) is 1.56. The fourth-order valence-corrected chi connectivity index (χ4v) is 1.73. The number of hydrogen-bond acceptors (Lipinski definition) is 4. The van der Waals surface area contributed by atoms with E-state index in [1.54, 1.807) is 6.07 Å². The Morgan fingerprint density at radius 3 is 2.74 bits per heavy atom. The molecule has 1 atom stereocenters. The van der Waals surface area contributed by atoms with E-state index in [4.69, 9.17) is 10.5 Å². The number of hydrogen-bond donors (Lipinski definition) is 1. The third kappa shape index (κ3) is 2.90. The fourth-order valence-electron chi connectivity index (χ4n) is 1.73. The first kappa shape index (κ1) is 13.5. The van der Waals surface area contributed by atoms with Crippen molar-refractivity contribution >= 4 is 0 Å². The van der Waals surface area contributed by atoms with Crippen molar-refractivity contribution in [3.63, 3.8) is 0 Å². The number of rotatable bonds is 4. The van der Waals surface area contributed by atoms with E-state index >= 15 is 0 Å². The quantitative estimate of drug-likeness (QED) is 0.915. The molecule has 2 N–H and O–H groups in total. The molecule has 0 amide bonds. The van der Waals surface area contributed by atoms with Crippen LogP contribution < -0.4 is 10.5 Å². The summed E-state index contributed by atoms with van der Waals surface area (Å²) in [5, 5.41) is 7.93. The lowest BCUT2D eigenvalue weighted by Gasteiger charge is -2.13. The molecule has 0 aliphatic rings. The number of ether oxygens (including phenoxy) is 1. The number of halogens is 1. The summed E-state index contributed by atoms with van der Waals surface area (Å²) < 4.78 is 20.7. The van der Waals surface area contributed by atoms with Gasteiger partial charge in [-0.15, -0.1) is 10.2 Å². The highest BCUT2D eigenvalue weighted by Crippen LogP contribution is 2.25. The van der Waals surface area contributed by atoms with Crippen LogP contribution in [0.15, 0.2) is 18.2 Å². The Bertz CT molecular complexity index is 580. The zero-order valence-corrected chi connectivity index (χ0v) is 11.2. The van der Waals surface area contributed by atoms with Crippen LogP contribution >= 0.6 is 0 Å². The molecule has 0 saturated carbocycles. The summed E-state index contributed by atoms with van der Waals surface area (Å²) in [6, 6.07) is 4.12. The van der Waals surface area contributed by atoms with Gasteiger partial charge < -0.3 is 15.0 Å². The summed E-state index contributed by atoms with van der Waals surface area (Å²) in [6.07, 6.45) is 0. The smallest absolute Gasteiger partial charge is 0.170 e. The van der Waals surface area contributed by atoms with Crippen molar-refractivity contribution in [3.8, 4) is 5.75 Å². The lowest BCUT2D eigenvalue weighted by molar-refractivity contribution is 0.285. The van der Waals surface area contributed by atoms with Crippen molar-refractivity contribution in [1.29, 1.82) is 0 Å². The van der Waals surface area contributed by atoms with Crippen LogP contribution in [-0.4, -0.2) is 14.8 Å². The lowest BCUT2D eigenvalue weighted by Crippen LogP contribution is -2.10. The van der Waals surface area contributed by atoms with Crippen LogP contribution in [0.5, 0.6) is 5.75 Å². The SMILES string of the molecule is Cc1nnc(COc2cc(F)ccc2[C@@H](C)N)n1C. The summed E-state index contributed by atoms with van der Waals surface area (Å²) in [6.45, 7) is 3.90. The summed E-state index contributed by atoms with van der Waals surface area (Å²) in [7, 11) is 1.85. The van der Waals surface area contributed by atoms with E-state index in [1.807, 2.05) is 25.5 Å². The Hall–Kier alpha value is -1.95. The zero-order valence-electron chi connectivity index (χ0n) is 11.2. The number of aromatic nitrogens is 3. The van der Waals surface area contributed by atoms with Crippen LogP contribution in [0.1, 0.15) is 30.2 Å². The van der Waals surface area contributed by atoms with E-state index in [9.17, 15) is 4.39 Å². The van der Waals surface area contributed by atoms with E-state index in [1.165, 1.54) is 12.1 Å². The predicted molar refractivity (Wildman–Crippen MR) is 69.1 cm³/mol. The van der Waals surface area contributed by atoms with Gasteiger partial charge in [-0.2, -0.15) is 0 Å². The molecule has 0 aliphatic heterocycles. The number of benzene rings is 1. The number of nitrogens with two attached hydrogens (primary N) is 1. The Kier molecular flexibility index (Phi) is 3.80. The third-order valence-corrected chi connectivity index (χ3v) is 3.01. The van der Waals surface area contributed by atoms with Crippen LogP contribution in [0.3, 0.4) is 0 Å². The minimum absolute atomic E-state index is 0.223. The van der Waals surface area contributed by atoms with Gasteiger partial charge in [0.1, 0.15) is 24.0 Å².